The minimum absolute atomic E-state index is 0.0852. The SMILES string of the molecule is CCNc1nc(OCC#N)nc(N2CCOCC2)n1. The van der Waals surface area contributed by atoms with Crippen LogP contribution in [-0.2, 0) is 4.74 Å². The highest BCUT2D eigenvalue weighted by atomic mass is 16.5. The van der Waals surface area contributed by atoms with Crippen molar-refractivity contribution in [2.45, 2.75) is 6.92 Å². The summed E-state index contributed by atoms with van der Waals surface area (Å²) in [4.78, 5) is 14.6. The van der Waals surface area contributed by atoms with E-state index in [2.05, 4.69) is 20.3 Å². The second-order valence-electron chi connectivity index (χ2n) is 3.82. The average Bonchev–Trinajstić information content (AvgIpc) is 2.46. The normalized spacial score (nSPS) is 14.8. The Morgan fingerprint density at radius 1 is 1.37 bits per heavy atom. The molecule has 0 atom stereocenters. The van der Waals surface area contributed by atoms with Gasteiger partial charge in [-0.2, -0.15) is 20.2 Å². The summed E-state index contributed by atoms with van der Waals surface area (Å²) in [6, 6.07) is 2.05. The second-order valence-corrected chi connectivity index (χ2v) is 3.82. The van der Waals surface area contributed by atoms with E-state index in [0.717, 1.165) is 13.1 Å². The maximum Gasteiger partial charge on any atom is 0.324 e. The molecule has 2 rings (SSSR count). The zero-order valence-electron chi connectivity index (χ0n) is 10.8. The molecule has 8 heteroatoms. The zero-order valence-corrected chi connectivity index (χ0v) is 10.8. The van der Waals surface area contributed by atoms with Gasteiger partial charge in [-0.1, -0.05) is 0 Å². The fourth-order valence-electron chi connectivity index (χ4n) is 1.65. The molecule has 1 saturated heterocycles. The van der Waals surface area contributed by atoms with Gasteiger partial charge in [0.05, 0.1) is 13.2 Å². The molecule has 0 amide bonds. The highest BCUT2D eigenvalue weighted by molar-refractivity contribution is 5.38. The number of nitrogens with zero attached hydrogens (tertiary/aromatic N) is 5. The summed E-state index contributed by atoms with van der Waals surface area (Å²) in [7, 11) is 0. The van der Waals surface area contributed by atoms with Gasteiger partial charge in [-0.3, -0.25) is 0 Å². The quantitative estimate of drug-likeness (QED) is 0.796. The molecular weight excluding hydrogens is 248 g/mol. The van der Waals surface area contributed by atoms with Crippen LogP contribution in [0.5, 0.6) is 6.01 Å². The molecule has 0 aliphatic carbocycles. The first kappa shape index (κ1) is 13.3. The van der Waals surface area contributed by atoms with Crippen LogP contribution < -0.4 is 15.0 Å². The van der Waals surface area contributed by atoms with Crippen molar-refractivity contribution >= 4 is 11.9 Å². The number of anilines is 2. The van der Waals surface area contributed by atoms with Gasteiger partial charge in [0.2, 0.25) is 11.9 Å². The number of morpholine rings is 1. The predicted octanol–water partition coefficient (Wildman–Crippen LogP) is 0.0424. The Kier molecular flexibility index (Phi) is 4.69. The Morgan fingerprint density at radius 2 is 2.16 bits per heavy atom. The van der Waals surface area contributed by atoms with E-state index >= 15 is 0 Å². The third kappa shape index (κ3) is 3.66. The van der Waals surface area contributed by atoms with Crippen LogP contribution in [-0.4, -0.2) is 54.4 Å². The molecule has 1 aromatic rings. The molecule has 2 heterocycles. The van der Waals surface area contributed by atoms with Gasteiger partial charge in [-0.05, 0) is 6.92 Å². The lowest BCUT2D eigenvalue weighted by atomic mass is 10.4. The largest absolute Gasteiger partial charge is 0.448 e. The van der Waals surface area contributed by atoms with Crippen LogP contribution in [0.3, 0.4) is 0 Å². The number of ether oxygens (including phenoxy) is 2. The summed E-state index contributed by atoms with van der Waals surface area (Å²) in [5.41, 5.74) is 0. The first-order chi connectivity index (χ1) is 9.33. The van der Waals surface area contributed by atoms with Crippen LogP contribution in [0.4, 0.5) is 11.9 Å². The molecule has 0 aromatic carbocycles. The molecule has 0 saturated carbocycles. The summed E-state index contributed by atoms with van der Waals surface area (Å²) in [5.74, 6) is 0.995. The second kappa shape index (κ2) is 6.70. The summed E-state index contributed by atoms with van der Waals surface area (Å²) in [6.07, 6.45) is 0. The maximum atomic E-state index is 8.53. The van der Waals surface area contributed by atoms with Crippen LogP contribution >= 0.6 is 0 Å². The van der Waals surface area contributed by atoms with Crippen LogP contribution in [0.2, 0.25) is 0 Å². The van der Waals surface area contributed by atoms with Crippen molar-refractivity contribution < 1.29 is 9.47 Å². The summed E-state index contributed by atoms with van der Waals surface area (Å²) < 4.78 is 10.4. The number of hydrogen-bond acceptors (Lipinski definition) is 8. The molecule has 1 aliphatic rings. The Morgan fingerprint density at radius 3 is 2.84 bits per heavy atom. The number of rotatable bonds is 5. The lowest BCUT2D eigenvalue weighted by molar-refractivity contribution is 0.122. The lowest BCUT2D eigenvalue weighted by Crippen LogP contribution is -2.37. The van der Waals surface area contributed by atoms with Gasteiger partial charge < -0.3 is 19.7 Å². The minimum Gasteiger partial charge on any atom is -0.448 e. The van der Waals surface area contributed by atoms with Crippen molar-refractivity contribution in [3.8, 4) is 12.1 Å². The molecule has 8 nitrogen and oxygen atoms in total. The molecule has 0 unspecified atom stereocenters. The first-order valence-corrected chi connectivity index (χ1v) is 6.16. The first-order valence-electron chi connectivity index (χ1n) is 6.16. The molecule has 19 heavy (non-hydrogen) atoms. The lowest BCUT2D eigenvalue weighted by Gasteiger charge is -2.26. The number of nitrogens with one attached hydrogen (secondary N) is 1. The smallest absolute Gasteiger partial charge is 0.324 e. The van der Waals surface area contributed by atoms with Crippen molar-refractivity contribution in [2.75, 3.05) is 49.7 Å². The zero-order chi connectivity index (χ0) is 13.5. The van der Waals surface area contributed by atoms with E-state index in [1.165, 1.54) is 0 Å². The topological polar surface area (TPSA) is 96.2 Å². The Balaban J connectivity index is 2.19. The summed E-state index contributed by atoms with van der Waals surface area (Å²) in [6.45, 7) is 5.32. The molecular formula is C11H16N6O2. The number of aromatic nitrogens is 3. The van der Waals surface area contributed by atoms with Gasteiger partial charge in [-0.15, -0.1) is 0 Å². The van der Waals surface area contributed by atoms with Gasteiger partial charge in [0.15, 0.2) is 6.61 Å². The van der Waals surface area contributed by atoms with Crippen molar-refractivity contribution in [1.29, 1.82) is 5.26 Å². The Bertz CT molecular complexity index is 455. The highest BCUT2D eigenvalue weighted by Gasteiger charge is 2.16. The molecule has 102 valence electrons. The van der Waals surface area contributed by atoms with E-state index in [1.54, 1.807) is 0 Å². The van der Waals surface area contributed by atoms with Gasteiger partial charge in [0, 0.05) is 19.6 Å². The van der Waals surface area contributed by atoms with E-state index in [-0.39, 0.29) is 12.6 Å². The molecule has 1 aliphatic heterocycles. The van der Waals surface area contributed by atoms with Crippen LogP contribution in [0, 0.1) is 11.3 Å². The van der Waals surface area contributed by atoms with Crippen molar-refractivity contribution in [3.63, 3.8) is 0 Å². The highest BCUT2D eigenvalue weighted by Crippen LogP contribution is 2.16. The molecule has 0 spiro atoms. The van der Waals surface area contributed by atoms with Crippen molar-refractivity contribution in [2.24, 2.45) is 0 Å². The number of hydrogen-bond donors (Lipinski definition) is 1. The van der Waals surface area contributed by atoms with Gasteiger partial charge in [0.1, 0.15) is 6.07 Å². The van der Waals surface area contributed by atoms with Crippen molar-refractivity contribution in [3.05, 3.63) is 0 Å². The van der Waals surface area contributed by atoms with E-state index < -0.39 is 0 Å². The van der Waals surface area contributed by atoms with E-state index in [9.17, 15) is 0 Å². The molecule has 1 N–H and O–H groups in total. The third-order valence-corrected chi connectivity index (χ3v) is 2.50. The predicted molar refractivity (Wildman–Crippen MR) is 68.1 cm³/mol. The van der Waals surface area contributed by atoms with E-state index in [1.807, 2.05) is 17.9 Å². The Labute approximate surface area is 111 Å². The summed E-state index contributed by atoms with van der Waals surface area (Å²) in [5, 5.41) is 11.6. The standard InChI is InChI=1S/C11H16N6O2/c1-2-13-9-14-10(17-4-7-18-8-5-17)16-11(15-9)19-6-3-12/h2,4-8H2,1H3,(H,13,14,15,16). The maximum absolute atomic E-state index is 8.53. The van der Waals surface area contributed by atoms with E-state index in [0.29, 0.717) is 31.7 Å². The van der Waals surface area contributed by atoms with Crippen LogP contribution in [0.25, 0.3) is 0 Å². The van der Waals surface area contributed by atoms with Gasteiger partial charge in [-0.25, -0.2) is 0 Å². The van der Waals surface area contributed by atoms with Gasteiger partial charge in [0.25, 0.3) is 0 Å². The van der Waals surface area contributed by atoms with Gasteiger partial charge >= 0.3 is 6.01 Å². The average molecular weight is 264 g/mol. The third-order valence-electron chi connectivity index (χ3n) is 2.50. The number of nitriles is 1. The molecule has 1 fully saturated rings. The van der Waals surface area contributed by atoms with Crippen molar-refractivity contribution in [1.82, 2.24) is 15.0 Å². The molecule has 1 aromatic heterocycles. The fourth-order valence-corrected chi connectivity index (χ4v) is 1.65. The fraction of sp³-hybridized carbons (Fsp3) is 0.636. The molecule has 0 bridgehead atoms. The van der Waals surface area contributed by atoms with Crippen LogP contribution in [0.1, 0.15) is 6.92 Å². The molecule has 0 radical (unpaired) electrons. The van der Waals surface area contributed by atoms with Crippen LogP contribution in [0.15, 0.2) is 0 Å². The Hall–Kier alpha value is -2.14. The summed E-state index contributed by atoms with van der Waals surface area (Å²) >= 11 is 0. The minimum atomic E-state index is -0.0852. The van der Waals surface area contributed by atoms with E-state index in [4.69, 9.17) is 14.7 Å². The monoisotopic (exact) mass is 264 g/mol.